The lowest BCUT2D eigenvalue weighted by Gasteiger charge is -2.40. The lowest BCUT2D eigenvalue weighted by molar-refractivity contribution is -0.138. The zero-order valence-corrected chi connectivity index (χ0v) is 18.6. The number of urea groups is 1. The predicted molar refractivity (Wildman–Crippen MR) is 122 cm³/mol. The fourth-order valence-electron chi connectivity index (χ4n) is 4.95. The van der Waals surface area contributed by atoms with Crippen LogP contribution in [0.15, 0.2) is 66.7 Å². The smallest absolute Gasteiger partial charge is 0.365 e. The second-order valence-corrected chi connectivity index (χ2v) is 8.74. The first-order chi connectivity index (χ1) is 16.7. The van der Waals surface area contributed by atoms with E-state index in [0.29, 0.717) is 18.7 Å². The largest absolute Gasteiger partial charge is 0.416 e. The fourth-order valence-corrected chi connectivity index (χ4v) is 4.95. The normalized spacial score (nSPS) is 18.3. The van der Waals surface area contributed by atoms with Crippen LogP contribution in [0.1, 0.15) is 23.1 Å². The number of amides is 2. The van der Waals surface area contributed by atoms with Crippen LogP contribution in [0.4, 0.5) is 38.1 Å². The number of fused-ring (bicyclic) bond motifs is 1. The van der Waals surface area contributed by atoms with E-state index in [1.54, 1.807) is 21.9 Å². The summed E-state index contributed by atoms with van der Waals surface area (Å²) in [6, 6.07) is 15.2. The lowest BCUT2D eigenvalue weighted by atomic mass is 10.0. The summed E-state index contributed by atoms with van der Waals surface area (Å²) in [5, 5.41) is 0. The summed E-state index contributed by atoms with van der Waals surface area (Å²) in [6.45, 7) is 0.592. The van der Waals surface area contributed by atoms with E-state index < -0.39 is 29.4 Å². The lowest BCUT2D eigenvalue weighted by Crippen LogP contribution is -2.52. The third kappa shape index (κ3) is 4.31. The molecule has 1 fully saturated rings. The van der Waals surface area contributed by atoms with Crippen LogP contribution in [-0.2, 0) is 19.3 Å². The van der Waals surface area contributed by atoms with Crippen molar-refractivity contribution in [2.75, 3.05) is 22.9 Å². The highest BCUT2D eigenvalue weighted by molar-refractivity contribution is 5.95. The maximum Gasteiger partial charge on any atom is 0.416 e. The summed E-state index contributed by atoms with van der Waals surface area (Å²) in [4.78, 5) is 18.1. The zero-order chi connectivity index (χ0) is 24.7. The van der Waals surface area contributed by atoms with Gasteiger partial charge in [0.05, 0.1) is 23.8 Å². The second kappa shape index (κ2) is 8.87. The molecule has 2 heterocycles. The van der Waals surface area contributed by atoms with E-state index in [2.05, 4.69) is 0 Å². The third-order valence-corrected chi connectivity index (χ3v) is 6.61. The maximum atomic E-state index is 14.3. The molecule has 0 aliphatic carbocycles. The summed E-state index contributed by atoms with van der Waals surface area (Å²) in [5.74, 6) is -1.35. The Morgan fingerprint density at radius 1 is 0.886 bits per heavy atom. The Morgan fingerprint density at radius 2 is 1.57 bits per heavy atom. The van der Waals surface area contributed by atoms with E-state index in [0.717, 1.165) is 11.6 Å². The molecule has 0 bridgehead atoms. The van der Waals surface area contributed by atoms with Gasteiger partial charge in [-0.25, -0.2) is 13.6 Å². The molecular weight excluding hydrogens is 465 g/mol. The van der Waals surface area contributed by atoms with Gasteiger partial charge in [-0.2, -0.15) is 13.2 Å². The maximum absolute atomic E-state index is 14.3. The van der Waals surface area contributed by atoms with E-state index in [-0.39, 0.29) is 36.9 Å². The Hall–Kier alpha value is -3.62. The average molecular weight is 487 g/mol. The van der Waals surface area contributed by atoms with E-state index in [1.807, 2.05) is 12.1 Å². The first-order valence-electron chi connectivity index (χ1n) is 11.2. The quantitative estimate of drug-likeness (QED) is 0.410. The van der Waals surface area contributed by atoms with Crippen LogP contribution in [0.25, 0.3) is 0 Å². The number of nitrogens with zero attached hydrogens (tertiary/aromatic N) is 3. The number of para-hydroxylation sites is 2. The van der Waals surface area contributed by atoms with Crippen LogP contribution < -0.4 is 9.80 Å². The van der Waals surface area contributed by atoms with Crippen molar-refractivity contribution in [1.82, 2.24) is 4.90 Å². The van der Waals surface area contributed by atoms with Crippen LogP contribution >= 0.6 is 0 Å². The van der Waals surface area contributed by atoms with Crippen LogP contribution in [0, 0.1) is 11.6 Å². The standard InChI is InChI=1S/C26H22F5N3O/c27-21-9-5-10-22(28)24(21)32-13-12-19(16-32)33-15-18-7-2-4-11-23(18)34(25(33)35)14-17-6-1-3-8-20(17)26(29,30)31/h1-11,19H,12-16H2. The topological polar surface area (TPSA) is 26.8 Å². The number of alkyl halides is 3. The minimum absolute atomic E-state index is 0.00789. The van der Waals surface area contributed by atoms with E-state index in [4.69, 9.17) is 0 Å². The van der Waals surface area contributed by atoms with Crippen molar-refractivity contribution in [2.24, 2.45) is 0 Å². The number of hydrogen-bond donors (Lipinski definition) is 0. The molecule has 2 amide bonds. The molecule has 2 aliphatic heterocycles. The summed E-state index contributed by atoms with van der Waals surface area (Å²) in [7, 11) is 0. The van der Waals surface area contributed by atoms with Crippen LogP contribution in [-0.4, -0.2) is 30.1 Å². The molecule has 3 aromatic carbocycles. The number of rotatable bonds is 4. The highest BCUT2D eigenvalue weighted by atomic mass is 19.4. The van der Waals surface area contributed by atoms with E-state index in [9.17, 15) is 26.7 Å². The molecule has 2 aliphatic rings. The molecule has 0 N–H and O–H groups in total. The molecule has 0 aromatic heterocycles. The van der Waals surface area contributed by atoms with Gasteiger partial charge < -0.3 is 9.80 Å². The molecule has 3 aromatic rings. The van der Waals surface area contributed by atoms with Crippen LogP contribution in [0.3, 0.4) is 0 Å². The highest BCUT2D eigenvalue weighted by Gasteiger charge is 2.40. The van der Waals surface area contributed by atoms with Gasteiger partial charge in [0.25, 0.3) is 0 Å². The fraction of sp³-hybridized carbons (Fsp3) is 0.269. The van der Waals surface area contributed by atoms with Gasteiger partial charge in [-0.15, -0.1) is 0 Å². The van der Waals surface area contributed by atoms with Crippen molar-refractivity contribution in [3.8, 4) is 0 Å². The number of anilines is 2. The van der Waals surface area contributed by atoms with Gasteiger partial charge >= 0.3 is 12.2 Å². The van der Waals surface area contributed by atoms with Gasteiger partial charge in [0, 0.05) is 19.6 Å². The summed E-state index contributed by atoms with van der Waals surface area (Å²) < 4.78 is 69.5. The summed E-state index contributed by atoms with van der Waals surface area (Å²) in [6.07, 6.45) is -4.07. The van der Waals surface area contributed by atoms with Gasteiger partial charge in [0.2, 0.25) is 0 Å². The Bertz CT molecular complexity index is 1240. The minimum atomic E-state index is -4.55. The Labute approximate surface area is 199 Å². The first-order valence-corrected chi connectivity index (χ1v) is 11.2. The predicted octanol–water partition coefficient (Wildman–Crippen LogP) is 6.20. The molecule has 1 unspecified atom stereocenters. The third-order valence-electron chi connectivity index (χ3n) is 6.61. The van der Waals surface area contributed by atoms with Crippen molar-refractivity contribution in [1.29, 1.82) is 0 Å². The molecule has 0 radical (unpaired) electrons. The molecule has 0 saturated carbocycles. The SMILES string of the molecule is O=C1N(Cc2ccccc2C(F)(F)F)c2ccccc2CN1C1CCN(c2c(F)cccc2F)C1. The Balaban J connectivity index is 1.45. The van der Waals surface area contributed by atoms with Crippen LogP contribution in [0.2, 0.25) is 0 Å². The number of carbonyl (C=O) groups is 1. The zero-order valence-electron chi connectivity index (χ0n) is 18.6. The van der Waals surface area contributed by atoms with Crippen molar-refractivity contribution in [3.05, 3.63) is 95.1 Å². The first kappa shape index (κ1) is 23.1. The molecule has 0 spiro atoms. The second-order valence-electron chi connectivity index (χ2n) is 8.74. The summed E-state index contributed by atoms with van der Waals surface area (Å²) in [5.41, 5.74) is 0.430. The highest BCUT2D eigenvalue weighted by Crippen LogP contribution is 2.37. The van der Waals surface area contributed by atoms with Crippen LogP contribution in [0.5, 0.6) is 0 Å². The molecule has 1 saturated heterocycles. The van der Waals surface area contributed by atoms with Crippen molar-refractivity contribution in [3.63, 3.8) is 0 Å². The van der Waals surface area contributed by atoms with E-state index in [1.165, 1.54) is 41.3 Å². The number of halogens is 5. The molecule has 5 rings (SSSR count). The molecule has 1 atom stereocenters. The number of benzene rings is 3. The van der Waals surface area contributed by atoms with Gasteiger partial charge in [0.1, 0.15) is 17.3 Å². The minimum Gasteiger partial charge on any atom is -0.365 e. The van der Waals surface area contributed by atoms with E-state index >= 15 is 0 Å². The Kier molecular flexibility index (Phi) is 5.86. The monoisotopic (exact) mass is 487 g/mol. The molecule has 4 nitrogen and oxygen atoms in total. The number of carbonyl (C=O) groups excluding carboxylic acids is 1. The molecule has 182 valence electrons. The van der Waals surface area contributed by atoms with Gasteiger partial charge in [-0.05, 0) is 41.8 Å². The molecule has 9 heteroatoms. The van der Waals surface area contributed by atoms with Gasteiger partial charge in [-0.1, -0.05) is 42.5 Å². The van der Waals surface area contributed by atoms with Gasteiger partial charge in [-0.3, -0.25) is 4.90 Å². The summed E-state index contributed by atoms with van der Waals surface area (Å²) >= 11 is 0. The van der Waals surface area contributed by atoms with Gasteiger partial charge in [0.15, 0.2) is 0 Å². The number of hydrogen-bond acceptors (Lipinski definition) is 2. The van der Waals surface area contributed by atoms with Crippen molar-refractivity contribution < 1.29 is 26.7 Å². The van der Waals surface area contributed by atoms with Crippen molar-refractivity contribution in [2.45, 2.75) is 31.7 Å². The van der Waals surface area contributed by atoms with Crippen molar-refractivity contribution >= 4 is 17.4 Å². The molecular formula is C26H22F5N3O. The molecule has 35 heavy (non-hydrogen) atoms. The Morgan fingerprint density at radius 3 is 2.31 bits per heavy atom. The average Bonchev–Trinajstić information content (AvgIpc) is 3.29.